The molecule has 0 bridgehead atoms. The van der Waals surface area contributed by atoms with Gasteiger partial charge in [-0.05, 0) is 43.8 Å². The first kappa shape index (κ1) is 12.9. The fourth-order valence-electron chi connectivity index (χ4n) is 2.38. The molecule has 20 heavy (non-hydrogen) atoms. The molecule has 0 aliphatic rings. The van der Waals surface area contributed by atoms with E-state index in [9.17, 15) is 0 Å². The van der Waals surface area contributed by atoms with E-state index in [-0.39, 0.29) is 0 Å². The van der Waals surface area contributed by atoms with Gasteiger partial charge in [-0.2, -0.15) is 5.10 Å². The number of aromatic amines is 1. The van der Waals surface area contributed by atoms with Crippen molar-refractivity contribution in [2.24, 2.45) is 0 Å². The lowest BCUT2D eigenvalue weighted by molar-refractivity contribution is 0.414. The minimum atomic E-state index is 0.758. The van der Waals surface area contributed by atoms with Crippen LogP contribution in [0.1, 0.15) is 11.1 Å². The van der Waals surface area contributed by atoms with Crippen molar-refractivity contribution in [1.82, 2.24) is 24.6 Å². The van der Waals surface area contributed by atoms with E-state index in [1.54, 1.807) is 12.7 Å². The van der Waals surface area contributed by atoms with Crippen LogP contribution >= 0.6 is 0 Å². The molecule has 0 saturated carbocycles. The molecule has 0 aliphatic heterocycles. The zero-order chi connectivity index (χ0) is 13.9. The average molecular weight is 271 g/mol. The molecule has 1 N–H and O–H groups in total. The number of H-pyrrole nitrogens is 1. The molecular formula is C15H19N5. The summed E-state index contributed by atoms with van der Waals surface area (Å²) in [6.07, 6.45) is 6.48. The molecule has 3 aromatic rings. The standard InChI is InChI=1S/C15H19N5/c1-19(2)6-5-13-8-17-15-4-3-12(7-14(13)15)9-20-11-16-10-18-20/h3-4,7-8,10-11,17H,5-6,9H2,1-2H3/i8+2. The molecule has 5 nitrogen and oxygen atoms in total. The van der Waals surface area contributed by atoms with Crippen molar-refractivity contribution < 1.29 is 0 Å². The number of hydrogen-bond acceptors (Lipinski definition) is 3. The van der Waals surface area contributed by atoms with Crippen molar-refractivity contribution in [3.8, 4) is 0 Å². The van der Waals surface area contributed by atoms with Gasteiger partial charge >= 0.3 is 0 Å². The summed E-state index contributed by atoms with van der Waals surface area (Å²) in [5.74, 6) is 0. The van der Waals surface area contributed by atoms with Gasteiger partial charge < -0.3 is 9.88 Å². The van der Waals surface area contributed by atoms with E-state index in [0.717, 1.165) is 19.5 Å². The lowest BCUT2D eigenvalue weighted by Gasteiger charge is -2.08. The van der Waals surface area contributed by atoms with Gasteiger partial charge in [0.05, 0.1) is 6.54 Å². The number of nitrogens with zero attached hydrogens (tertiary/aromatic N) is 4. The van der Waals surface area contributed by atoms with E-state index in [1.165, 1.54) is 22.0 Å². The minimum Gasteiger partial charge on any atom is -0.361 e. The molecule has 0 fully saturated rings. The number of nitrogens with one attached hydrogen (secondary N) is 1. The van der Waals surface area contributed by atoms with Crippen molar-refractivity contribution in [1.29, 1.82) is 0 Å². The Morgan fingerprint density at radius 3 is 3.00 bits per heavy atom. The van der Waals surface area contributed by atoms with Crippen LogP contribution < -0.4 is 0 Å². The Labute approximate surface area is 118 Å². The van der Waals surface area contributed by atoms with Crippen LogP contribution in [0.25, 0.3) is 10.9 Å². The highest BCUT2D eigenvalue weighted by Gasteiger charge is 2.06. The zero-order valence-corrected chi connectivity index (χ0v) is 11.9. The van der Waals surface area contributed by atoms with Crippen LogP contribution in [0, 0.1) is 0 Å². The van der Waals surface area contributed by atoms with Crippen LogP contribution in [-0.2, 0) is 13.0 Å². The topological polar surface area (TPSA) is 49.7 Å². The number of hydrogen-bond donors (Lipinski definition) is 1. The third-order valence-electron chi connectivity index (χ3n) is 3.47. The van der Waals surface area contributed by atoms with Gasteiger partial charge in [-0.3, -0.25) is 0 Å². The Morgan fingerprint density at radius 1 is 1.35 bits per heavy atom. The molecule has 1 aromatic carbocycles. The van der Waals surface area contributed by atoms with Gasteiger partial charge in [0, 0.05) is 23.6 Å². The summed E-state index contributed by atoms with van der Waals surface area (Å²) in [4.78, 5) is 9.53. The van der Waals surface area contributed by atoms with Crippen LogP contribution in [0.3, 0.4) is 0 Å². The number of likely N-dealkylation sites (N-methyl/N-ethyl adjacent to an activating group) is 1. The summed E-state index contributed by atoms with van der Waals surface area (Å²) in [5.41, 5.74) is 3.81. The van der Waals surface area contributed by atoms with Gasteiger partial charge in [0.25, 0.3) is 0 Å². The lowest BCUT2D eigenvalue weighted by Crippen LogP contribution is -2.14. The van der Waals surface area contributed by atoms with Gasteiger partial charge in [0.15, 0.2) is 0 Å². The Hall–Kier alpha value is -2.14. The normalized spacial score (nSPS) is 11.6. The number of aromatic nitrogens is 4. The van der Waals surface area contributed by atoms with Crippen molar-refractivity contribution >= 4 is 10.9 Å². The van der Waals surface area contributed by atoms with Crippen LogP contribution in [0.4, 0.5) is 0 Å². The van der Waals surface area contributed by atoms with Crippen molar-refractivity contribution in [2.75, 3.05) is 20.6 Å². The van der Waals surface area contributed by atoms with E-state index in [1.807, 2.05) is 4.68 Å². The van der Waals surface area contributed by atoms with Crippen molar-refractivity contribution in [3.63, 3.8) is 0 Å². The van der Waals surface area contributed by atoms with Gasteiger partial charge in [-0.25, -0.2) is 9.67 Å². The maximum absolute atomic E-state index is 4.15. The second-order valence-electron chi connectivity index (χ2n) is 5.34. The molecule has 0 aliphatic carbocycles. The molecule has 0 saturated heterocycles. The van der Waals surface area contributed by atoms with E-state index in [2.05, 4.69) is 58.5 Å². The largest absolute Gasteiger partial charge is 0.361 e. The van der Waals surface area contributed by atoms with E-state index in [4.69, 9.17) is 0 Å². The second-order valence-corrected chi connectivity index (χ2v) is 5.34. The monoisotopic (exact) mass is 271 g/mol. The smallest absolute Gasteiger partial charge is 0.137 e. The molecule has 0 amide bonds. The Balaban J connectivity index is 1.86. The van der Waals surface area contributed by atoms with Crippen molar-refractivity contribution in [2.45, 2.75) is 13.0 Å². The quantitative estimate of drug-likeness (QED) is 0.771. The van der Waals surface area contributed by atoms with Crippen LogP contribution in [-0.4, -0.2) is 45.3 Å². The first-order chi connectivity index (χ1) is 9.72. The minimum absolute atomic E-state index is 0.758. The third-order valence-corrected chi connectivity index (χ3v) is 3.47. The first-order valence-corrected chi connectivity index (χ1v) is 6.78. The summed E-state index contributed by atoms with van der Waals surface area (Å²) in [6.45, 7) is 1.81. The maximum Gasteiger partial charge on any atom is 0.137 e. The van der Waals surface area contributed by atoms with Crippen LogP contribution in [0.15, 0.2) is 37.1 Å². The Bertz CT molecular complexity index is 681. The maximum atomic E-state index is 4.15. The fraction of sp³-hybridized carbons (Fsp3) is 0.333. The molecule has 0 unspecified atom stereocenters. The van der Waals surface area contributed by atoms with E-state index < -0.39 is 0 Å². The zero-order valence-electron chi connectivity index (χ0n) is 11.9. The van der Waals surface area contributed by atoms with Crippen LogP contribution in [0.5, 0.6) is 0 Å². The second kappa shape index (κ2) is 5.46. The molecule has 0 atom stereocenters. The molecule has 2 aromatic heterocycles. The number of fused-ring (bicyclic) bond motifs is 1. The van der Waals surface area contributed by atoms with Gasteiger partial charge in [-0.1, -0.05) is 6.07 Å². The molecule has 0 spiro atoms. The summed E-state index contributed by atoms with van der Waals surface area (Å²) < 4.78 is 1.84. The average Bonchev–Trinajstić information content (AvgIpc) is 3.05. The Kier molecular flexibility index (Phi) is 3.52. The third kappa shape index (κ3) is 2.72. The Morgan fingerprint density at radius 2 is 2.25 bits per heavy atom. The number of rotatable bonds is 5. The van der Waals surface area contributed by atoms with Crippen molar-refractivity contribution in [3.05, 3.63) is 48.2 Å². The highest BCUT2D eigenvalue weighted by molar-refractivity contribution is 5.83. The predicted octanol–water partition coefficient (Wildman–Crippen LogP) is 1.91. The highest BCUT2D eigenvalue weighted by atomic mass is 15.3. The summed E-state index contributed by atoms with van der Waals surface area (Å²) in [5, 5.41) is 5.46. The fourth-order valence-corrected chi connectivity index (χ4v) is 2.38. The predicted molar refractivity (Wildman–Crippen MR) is 79.7 cm³/mol. The molecule has 0 radical (unpaired) electrons. The SMILES string of the molecule is CN(C)CCc1[14cH][nH]c2ccc(Cn3cncn3)cc12. The molecule has 2 heterocycles. The number of benzene rings is 1. The highest BCUT2D eigenvalue weighted by Crippen LogP contribution is 2.21. The summed E-state index contributed by atoms with van der Waals surface area (Å²) in [7, 11) is 4.20. The van der Waals surface area contributed by atoms with Gasteiger partial charge in [-0.15, -0.1) is 0 Å². The molecular weight excluding hydrogens is 252 g/mol. The molecule has 104 valence electrons. The van der Waals surface area contributed by atoms with Gasteiger partial charge in [0.1, 0.15) is 12.7 Å². The van der Waals surface area contributed by atoms with Crippen LogP contribution in [0.2, 0.25) is 0 Å². The first-order valence-electron chi connectivity index (χ1n) is 6.78. The van der Waals surface area contributed by atoms with Gasteiger partial charge in [0.2, 0.25) is 0 Å². The lowest BCUT2D eigenvalue weighted by atomic mass is 10.1. The molecule has 3 rings (SSSR count). The van der Waals surface area contributed by atoms with E-state index in [0.29, 0.717) is 0 Å². The summed E-state index contributed by atoms with van der Waals surface area (Å²) >= 11 is 0. The summed E-state index contributed by atoms with van der Waals surface area (Å²) in [6, 6.07) is 6.52. The van der Waals surface area contributed by atoms with E-state index >= 15 is 0 Å². The molecule has 5 heteroatoms.